The summed E-state index contributed by atoms with van der Waals surface area (Å²) in [4.78, 5) is 11.8. The summed E-state index contributed by atoms with van der Waals surface area (Å²) < 4.78 is 3.85. The molecule has 0 aliphatic rings. The van der Waals surface area contributed by atoms with Crippen molar-refractivity contribution in [3.8, 4) is 16.8 Å². The molecule has 1 aromatic heterocycles. The van der Waals surface area contributed by atoms with Gasteiger partial charge in [-0.3, -0.25) is 0 Å². The average Bonchev–Trinajstić information content (AvgIpc) is 2.86. The largest absolute Gasteiger partial charge is 0.478 e. The number of aromatic nitrogens is 1. The Morgan fingerprint density at radius 3 is 2.00 bits per heavy atom. The van der Waals surface area contributed by atoms with E-state index >= 15 is 0 Å². The number of hydrogen-bond acceptors (Lipinski definition) is 1. The summed E-state index contributed by atoms with van der Waals surface area (Å²) >= 11 is 6.82. The number of rotatable bonds is 3. The molecule has 3 rings (SSSR count). The van der Waals surface area contributed by atoms with E-state index in [1.807, 2.05) is 66.2 Å². The van der Waals surface area contributed by atoms with Crippen molar-refractivity contribution in [1.82, 2.24) is 4.57 Å². The van der Waals surface area contributed by atoms with Crippen molar-refractivity contribution < 1.29 is 9.90 Å². The molecule has 5 heteroatoms. The van der Waals surface area contributed by atoms with Crippen LogP contribution in [-0.4, -0.2) is 15.6 Å². The van der Waals surface area contributed by atoms with Crippen molar-refractivity contribution in [3.63, 3.8) is 0 Å². The number of halogens is 2. The van der Waals surface area contributed by atoms with E-state index in [9.17, 15) is 9.90 Å². The molecule has 0 radical (unpaired) electrons. The molecule has 0 atom stereocenters. The highest BCUT2D eigenvalue weighted by atomic mass is 79.9. The Morgan fingerprint density at radius 2 is 1.48 bits per heavy atom. The second kappa shape index (κ2) is 6.34. The van der Waals surface area contributed by atoms with E-state index in [0.29, 0.717) is 16.8 Å². The second-order valence-corrected chi connectivity index (χ2v) is 6.99. The van der Waals surface area contributed by atoms with Crippen LogP contribution in [0.5, 0.6) is 0 Å². The number of carboxylic acid groups (broad SMARTS) is 1. The number of benzene rings is 2. The highest BCUT2D eigenvalue weighted by Gasteiger charge is 2.20. The molecule has 1 heterocycles. The standard InChI is InChI=1S/C18H13Br2NO2/c1-11-17(18(22)23)16(12-2-4-13(19)5-3-12)10-21(11)15-8-6-14(20)7-9-15/h2-10H,1H3,(H,22,23). The van der Waals surface area contributed by atoms with E-state index in [0.717, 1.165) is 20.2 Å². The molecule has 2 aromatic carbocycles. The highest BCUT2D eigenvalue weighted by molar-refractivity contribution is 9.10. The molecule has 0 amide bonds. The molecular weight excluding hydrogens is 422 g/mol. The number of carboxylic acids is 1. The third-order valence-corrected chi connectivity index (χ3v) is 4.78. The zero-order valence-corrected chi connectivity index (χ0v) is 15.4. The lowest BCUT2D eigenvalue weighted by molar-refractivity contribution is 0.0697. The highest BCUT2D eigenvalue weighted by Crippen LogP contribution is 2.31. The monoisotopic (exact) mass is 433 g/mol. The Hall–Kier alpha value is -1.85. The minimum absolute atomic E-state index is 0.329. The molecule has 3 nitrogen and oxygen atoms in total. The topological polar surface area (TPSA) is 42.2 Å². The van der Waals surface area contributed by atoms with Gasteiger partial charge in [-0.25, -0.2) is 4.79 Å². The Labute approximate surface area is 150 Å². The quantitative estimate of drug-likeness (QED) is 0.576. The zero-order chi connectivity index (χ0) is 16.6. The van der Waals surface area contributed by atoms with Gasteiger partial charge >= 0.3 is 5.97 Å². The minimum Gasteiger partial charge on any atom is -0.478 e. The molecule has 1 N–H and O–H groups in total. The Morgan fingerprint density at radius 1 is 0.957 bits per heavy atom. The fourth-order valence-corrected chi connectivity index (χ4v) is 3.12. The summed E-state index contributed by atoms with van der Waals surface area (Å²) in [7, 11) is 0. The molecule has 0 saturated carbocycles. The third kappa shape index (κ3) is 3.12. The SMILES string of the molecule is Cc1c(C(=O)O)c(-c2ccc(Br)cc2)cn1-c1ccc(Br)cc1. The number of carbonyl (C=O) groups is 1. The molecule has 0 spiro atoms. The fraction of sp³-hybridized carbons (Fsp3) is 0.0556. The van der Waals surface area contributed by atoms with Crippen LogP contribution in [-0.2, 0) is 0 Å². The lowest BCUT2D eigenvalue weighted by atomic mass is 10.0. The van der Waals surface area contributed by atoms with Gasteiger partial charge in [0, 0.05) is 32.1 Å². The molecule has 0 unspecified atom stereocenters. The van der Waals surface area contributed by atoms with Gasteiger partial charge in [-0.2, -0.15) is 0 Å². The second-order valence-electron chi connectivity index (χ2n) is 5.16. The Balaban J connectivity index is 2.20. The van der Waals surface area contributed by atoms with Gasteiger partial charge in [-0.1, -0.05) is 44.0 Å². The molecule has 116 valence electrons. The minimum atomic E-state index is -0.920. The Kier molecular flexibility index (Phi) is 4.41. The molecule has 0 bridgehead atoms. The smallest absolute Gasteiger partial charge is 0.338 e. The lowest BCUT2D eigenvalue weighted by Crippen LogP contribution is -2.02. The van der Waals surface area contributed by atoms with E-state index in [1.54, 1.807) is 0 Å². The number of aromatic carboxylic acids is 1. The summed E-state index contributed by atoms with van der Waals surface area (Å²) in [5.74, 6) is -0.920. The summed E-state index contributed by atoms with van der Waals surface area (Å²) in [6, 6.07) is 15.4. The molecular formula is C18H13Br2NO2. The average molecular weight is 435 g/mol. The lowest BCUT2D eigenvalue weighted by Gasteiger charge is -2.06. The first-order valence-corrected chi connectivity index (χ1v) is 8.53. The molecule has 0 aliphatic carbocycles. The van der Waals surface area contributed by atoms with E-state index in [-0.39, 0.29) is 0 Å². The van der Waals surface area contributed by atoms with Gasteiger partial charge in [0.25, 0.3) is 0 Å². The van der Waals surface area contributed by atoms with Crippen molar-refractivity contribution in [2.75, 3.05) is 0 Å². The molecule has 3 aromatic rings. The van der Waals surface area contributed by atoms with Crippen LogP contribution >= 0.6 is 31.9 Å². The van der Waals surface area contributed by atoms with Gasteiger partial charge in [0.15, 0.2) is 0 Å². The van der Waals surface area contributed by atoms with Crippen LogP contribution in [0.3, 0.4) is 0 Å². The van der Waals surface area contributed by atoms with Gasteiger partial charge in [0.2, 0.25) is 0 Å². The van der Waals surface area contributed by atoms with Gasteiger partial charge in [-0.15, -0.1) is 0 Å². The first-order valence-electron chi connectivity index (χ1n) is 6.94. The normalized spacial score (nSPS) is 10.7. The van der Waals surface area contributed by atoms with E-state index < -0.39 is 5.97 Å². The van der Waals surface area contributed by atoms with Crippen molar-refractivity contribution in [1.29, 1.82) is 0 Å². The predicted octanol–water partition coefficient (Wildman–Crippen LogP) is 5.68. The van der Waals surface area contributed by atoms with E-state index in [4.69, 9.17) is 0 Å². The van der Waals surface area contributed by atoms with E-state index in [2.05, 4.69) is 31.9 Å². The molecule has 0 saturated heterocycles. The molecule has 0 aliphatic heterocycles. The van der Waals surface area contributed by atoms with Crippen molar-refractivity contribution in [2.24, 2.45) is 0 Å². The summed E-state index contributed by atoms with van der Waals surface area (Å²) in [5, 5.41) is 9.64. The van der Waals surface area contributed by atoms with Gasteiger partial charge in [0.05, 0.1) is 5.56 Å². The zero-order valence-electron chi connectivity index (χ0n) is 12.3. The first-order chi connectivity index (χ1) is 11.0. The Bertz CT molecular complexity index is 865. The predicted molar refractivity (Wildman–Crippen MR) is 98.3 cm³/mol. The van der Waals surface area contributed by atoms with Crippen LogP contribution < -0.4 is 0 Å². The molecule has 23 heavy (non-hydrogen) atoms. The number of nitrogens with zero attached hydrogens (tertiary/aromatic N) is 1. The van der Waals surface area contributed by atoms with Crippen LogP contribution in [0.4, 0.5) is 0 Å². The maximum Gasteiger partial charge on any atom is 0.338 e. The fourth-order valence-electron chi connectivity index (χ4n) is 2.59. The first kappa shape index (κ1) is 16.0. The van der Waals surface area contributed by atoms with Gasteiger partial charge in [-0.05, 0) is 48.9 Å². The van der Waals surface area contributed by atoms with Crippen LogP contribution in [0.15, 0.2) is 63.7 Å². The van der Waals surface area contributed by atoms with Crippen molar-refractivity contribution in [2.45, 2.75) is 6.92 Å². The number of hydrogen-bond donors (Lipinski definition) is 1. The van der Waals surface area contributed by atoms with Crippen LogP contribution in [0.2, 0.25) is 0 Å². The van der Waals surface area contributed by atoms with Gasteiger partial charge in [0.1, 0.15) is 0 Å². The maximum atomic E-state index is 11.8. The van der Waals surface area contributed by atoms with Crippen molar-refractivity contribution >= 4 is 37.8 Å². The third-order valence-electron chi connectivity index (χ3n) is 3.72. The van der Waals surface area contributed by atoms with Crippen LogP contribution in [0, 0.1) is 6.92 Å². The molecule has 0 fully saturated rings. The van der Waals surface area contributed by atoms with E-state index in [1.165, 1.54) is 0 Å². The maximum absolute atomic E-state index is 11.8. The summed E-state index contributed by atoms with van der Waals surface area (Å²) in [5.41, 5.74) is 3.56. The van der Waals surface area contributed by atoms with Crippen LogP contribution in [0.25, 0.3) is 16.8 Å². The summed E-state index contributed by atoms with van der Waals surface area (Å²) in [6.07, 6.45) is 1.88. The summed E-state index contributed by atoms with van der Waals surface area (Å²) in [6.45, 7) is 1.83. The van der Waals surface area contributed by atoms with Crippen molar-refractivity contribution in [3.05, 3.63) is 74.9 Å². The van der Waals surface area contributed by atoms with Gasteiger partial charge < -0.3 is 9.67 Å². The van der Waals surface area contributed by atoms with Crippen LogP contribution in [0.1, 0.15) is 16.1 Å².